The Kier molecular flexibility index (Phi) is 3.75. The molecule has 2 heterocycles. The van der Waals surface area contributed by atoms with Crippen molar-refractivity contribution >= 4 is 10.9 Å². The molecule has 104 valence electrons. The molecule has 0 amide bonds. The van der Waals surface area contributed by atoms with Gasteiger partial charge in [0.05, 0.1) is 11.6 Å². The van der Waals surface area contributed by atoms with E-state index in [2.05, 4.69) is 40.9 Å². The van der Waals surface area contributed by atoms with Crippen molar-refractivity contribution in [2.75, 3.05) is 13.6 Å². The van der Waals surface area contributed by atoms with Gasteiger partial charge in [0, 0.05) is 29.7 Å². The molecule has 0 radical (unpaired) electrons. The van der Waals surface area contributed by atoms with Gasteiger partial charge in [-0.2, -0.15) is 5.26 Å². The average Bonchev–Trinajstić information content (AvgIpc) is 2.88. The van der Waals surface area contributed by atoms with Gasteiger partial charge in [-0.3, -0.25) is 0 Å². The standard InChI is InChI=1S/C17H21N3/c1-19-9-3-2-4-16(19)8-11-20-10-7-15-12-14(13-18)5-6-17(15)20/h5-7,10,12,16H,2-4,8-9,11H2,1H3. The SMILES string of the molecule is CN1CCCCC1CCn1ccc2cc(C#N)ccc21. The van der Waals surface area contributed by atoms with Crippen LogP contribution in [0.25, 0.3) is 10.9 Å². The molecule has 0 N–H and O–H groups in total. The molecule has 1 fully saturated rings. The van der Waals surface area contributed by atoms with E-state index in [4.69, 9.17) is 5.26 Å². The van der Waals surface area contributed by atoms with Crippen LogP contribution in [-0.2, 0) is 6.54 Å². The van der Waals surface area contributed by atoms with Gasteiger partial charge < -0.3 is 9.47 Å². The van der Waals surface area contributed by atoms with Crippen LogP contribution in [-0.4, -0.2) is 29.1 Å². The van der Waals surface area contributed by atoms with E-state index in [0.29, 0.717) is 0 Å². The molecule has 1 aromatic carbocycles. The third-order valence-electron chi connectivity index (χ3n) is 4.52. The summed E-state index contributed by atoms with van der Waals surface area (Å²) in [6.07, 6.45) is 7.40. The molecule has 0 spiro atoms. The van der Waals surface area contributed by atoms with Crippen molar-refractivity contribution in [3.63, 3.8) is 0 Å². The summed E-state index contributed by atoms with van der Waals surface area (Å²) < 4.78 is 2.32. The van der Waals surface area contributed by atoms with Gasteiger partial charge >= 0.3 is 0 Å². The van der Waals surface area contributed by atoms with Crippen LogP contribution in [0.2, 0.25) is 0 Å². The van der Waals surface area contributed by atoms with Gasteiger partial charge in [-0.05, 0) is 57.1 Å². The number of benzene rings is 1. The highest BCUT2D eigenvalue weighted by atomic mass is 15.1. The highest BCUT2D eigenvalue weighted by Crippen LogP contribution is 2.21. The van der Waals surface area contributed by atoms with Gasteiger partial charge in [0.25, 0.3) is 0 Å². The van der Waals surface area contributed by atoms with Crippen molar-refractivity contribution in [3.05, 3.63) is 36.0 Å². The van der Waals surface area contributed by atoms with E-state index < -0.39 is 0 Å². The summed E-state index contributed by atoms with van der Waals surface area (Å²) >= 11 is 0. The first-order valence-corrected chi connectivity index (χ1v) is 7.47. The number of hydrogen-bond donors (Lipinski definition) is 0. The molecule has 3 nitrogen and oxygen atoms in total. The van der Waals surface area contributed by atoms with Gasteiger partial charge in [0.15, 0.2) is 0 Å². The molecule has 2 aromatic rings. The first kappa shape index (κ1) is 13.2. The molecule has 1 atom stereocenters. The third-order valence-corrected chi connectivity index (χ3v) is 4.52. The Morgan fingerprint density at radius 2 is 2.20 bits per heavy atom. The van der Waals surface area contributed by atoms with Crippen molar-refractivity contribution in [2.24, 2.45) is 0 Å². The second-order valence-corrected chi connectivity index (χ2v) is 5.81. The number of nitrogens with zero attached hydrogens (tertiary/aromatic N) is 3. The number of aryl methyl sites for hydroxylation is 1. The average molecular weight is 267 g/mol. The van der Waals surface area contributed by atoms with Crippen LogP contribution in [0.4, 0.5) is 0 Å². The number of rotatable bonds is 3. The zero-order valence-corrected chi connectivity index (χ0v) is 12.0. The second kappa shape index (κ2) is 5.68. The van der Waals surface area contributed by atoms with Crippen LogP contribution in [0, 0.1) is 11.3 Å². The summed E-state index contributed by atoms with van der Waals surface area (Å²) in [6, 6.07) is 11.0. The Morgan fingerprint density at radius 1 is 1.30 bits per heavy atom. The maximum atomic E-state index is 8.94. The van der Waals surface area contributed by atoms with Gasteiger partial charge in [-0.25, -0.2) is 0 Å². The molecule has 3 rings (SSSR count). The molecular formula is C17H21N3. The minimum atomic E-state index is 0.722. The maximum Gasteiger partial charge on any atom is 0.0991 e. The Labute approximate surface area is 120 Å². The maximum absolute atomic E-state index is 8.94. The summed E-state index contributed by atoms with van der Waals surface area (Å²) in [5.74, 6) is 0. The Balaban J connectivity index is 1.73. The fraction of sp³-hybridized carbons (Fsp3) is 0.471. The number of likely N-dealkylation sites (tertiary alicyclic amines) is 1. The van der Waals surface area contributed by atoms with Crippen LogP contribution in [0.3, 0.4) is 0 Å². The monoisotopic (exact) mass is 267 g/mol. The first-order valence-electron chi connectivity index (χ1n) is 7.47. The number of fused-ring (bicyclic) bond motifs is 1. The third kappa shape index (κ3) is 2.57. The normalized spacial score (nSPS) is 20.1. The Morgan fingerprint density at radius 3 is 3.00 bits per heavy atom. The predicted octanol–water partition coefficient (Wildman–Crippen LogP) is 3.39. The van der Waals surface area contributed by atoms with E-state index >= 15 is 0 Å². The topological polar surface area (TPSA) is 32.0 Å². The number of nitriles is 1. The summed E-state index contributed by atoms with van der Waals surface area (Å²) in [6.45, 7) is 2.30. The highest BCUT2D eigenvalue weighted by molar-refractivity contribution is 5.81. The molecule has 1 unspecified atom stereocenters. The number of hydrogen-bond acceptors (Lipinski definition) is 2. The quantitative estimate of drug-likeness (QED) is 0.853. The fourth-order valence-electron chi connectivity index (χ4n) is 3.26. The molecule has 0 bridgehead atoms. The largest absolute Gasteiger partial charge is 0.347 e. The van der Waals surface area contributed by atoms with Crippen molar-refractivity contribution in [3.8, 4) is 6.07 Å². The molecule has 1 saturated heterocycles. The van der Waals surface area contributed by atoms with Crippen molar-refractivity contribution < 1.29 is 0 Å². The van der Waals surface area contributed by atoms with E-state index in [1.54, 1.807) is 0 Å². The summed E-state index contributed by atoms with van der Waals surface area (Å²) in [7, 11) is 2.25. The molecule has 1 aliphatic rings. The van der Waals surface area contributed by atoms with Crippen molar-refractivity contribution in [1.82, 2.24) is 9.47 Å². The fourth-order valence-corrected chi connectivity index (χ4v) is 3.26. The van der Waals surface area contributed by atoms with Gasteiger partial charge in [-0.15, -0.1) is 0 Å². The van der Waals surface area contributed by atoms with E-state index in [-0.39, 0.29) is 0 Å². The van der Waals surface area contributed by atoms with Crippen molar-refractivity contribution in [1.29, 1.82) is 5.26 Å². The molecule has 3 heteroatoms. The summed E-state index contributed by atoms with van der Waals surface area (Å²) in [4.78, 5) is 2.50. The lowest BCUT2D eigenvalue weighted by molar-refractivity contribution is 0.171. The first-order chi connectivity index (χ1) is 9.78. The summed E-state index contributed by atoms with van der Waals surface area (Å²) in [5.41, 5.74) is 1.98. The molecule has 0 aliphatic carbocycles. The molecule has 1 aromatic heterocycles. The molecule has 1 aliphatic heterocycles. The lowest BCUT2D eigenvalue weighted by Gasteiger charge is -2.32. The zero-order valence-electron chi connectivity index (χ0n) is 12.0. The van der Waals surface area contributed by atoms with Crippen LogP contribution >= 0.6 is 0 Å². The van der Waals surface area contributed by atoms with Crippen LogP contribution in [0.1, 0.15) is 31.2 Å². The smallest absolute Gasteiger partial charge is 0.0991 e. The molecule has 20 heavy (non-hydrogen) atoms. The zero-order chi connectivity index (χ0) is 13.9. The summed E-state index contributed by atoms with van der Waals surface area (Å²) in [5, 5.41) is 10.1. The number of piperidine rings is 1. The highest BCUT2D eigenvalue weighted by Gasteiger charge is 2.18. The van der Waals surface area contributed by atoms with E-state index in [9.17, 15) is 0 Å². The lowest BCUT2D eigenvalue weighted by Crippen LogP contribution is -2.36. The van der Waals surface area contributed by atoms with E-state index in [1.165, 1.54) is 43.1 Å². The van der Waals surface area contributed by atoms with Crippen molar-refractivity contribution in [2.45, 2.75) is 38.3 Å². The molecule has 0 saturated carbocycles. The van der Waals surface area contributed by atoms with E-state index in [0.717, 1.165) is 18.2 Å². The van der Waals surface area contributed by atoms with Gasteiger partial charge in [-0.1, -0.05) is 6.42 Å². The van der Waals surface area contributed by atoms with Gasteiger partial charge in [0.1, 0.15) is 0 Å². The lowest BCUT2D eigenvalue weighted by atomic mass is 10.0. The minimum absolute atomic E-state index is 0.722. The van der Waals surface area contributed by atoms with Crippen LogP contribution in [0.15, 0.2) is 30.5 Å². The molecular weight excluding hydrogens is 246 g/mol. The number of aromatic nitrogens is 1. The predicted molar refractivity (Wildman–Crippen MR) is 81.5 cm³/mol. The minimum Gasteiger partial charge on any atom is -0.347 e. The van der Waals surface area contributed by atoms with Crippen LogP contribution in [0.5, 0.6) is 0 Å². The van der Waals surface area contributed by atoms with Gasteiger partial charge in [0.2, 0.25) is 0 Å². The second-order valence-electron chi connectivity index (χ2n) is 5.81. The Hall–Kier alpha value is -1.79. The van der Waals surface area contributed by atoms with E-state index in [1.807, 2.05) is 12.1 Å². The van der Waals surface area contributed by atoms with Crippen LogP contribution < -0.4 is 0 Å². The Bertz CT molecular complexity index is 635.